The molecule has 1 unspecified atom stereocenters. The van der Waals surface area contributed by atoms with Crippen molar-refractivity contribution in [3.63, 3.8) is 0 Å². The Hall–Kier alpha value is -0.832. The molecule has 1 atom stereocenters. The summed E-state index contributed by atoms with van der Waals surface area (Å²) in [4.78, 5) is 2.58. The van der Waals surface area contributed by atoms with Crippen LogP contribution in [0.4, 0.5) is 0 Å². The van der Waals surface area contributed by atoms with Crippen LogP contribution in [0.5, 0.6) is 0 Å². The van der Waals surface area contributed by atoms with Gasteiger partial charge in [0.1, 0.15) is 0 Å². The average molecular weight is 575 g/mol. The topological polar surface area (TPSA) is 103 Å². The Kier molecular flexibility index (Phi) is 37.5. The normalized spacial score (nSPS) is 12.5. The van der Waals surface area contributed by atoms with Crippen LogP contribution in [0.2, 0.25) is 0 Å². The first-order valence-electron chi connectivity index (χ1n) is 6.85. The summed E-state index contributed by atoms with van der Waals surface area (Å²) < 4.78 is 37.5. The molecule has 0 amide bonds. The first-order chi connectivity index (χ1) is 12.6. The van der Waals surface area contributed by atoms with Crippen LogP contribution in [0, 0.1) is 33.3 Å². The molecular weight excluding hydrogens is 556 g/mol. The van der Waals surface area contributed by atoms with Crippen molar-refractivity contribution in [2.45, 2.75) is 39.8 Å². The molecule has 2 rings (SSSR count). The maximum atomic E-state index is 7.50. The Bertz CT molecular complexity index is 552. The van der Waals surface area contributed by atoms with Gasteiger partial charge >= 0.3 is 56.5 Å². The quantitative estimate of drug-likeness (QED) is 0.306. The summed E-state index contributed by atoms with van der Waals surface area (Å²) in [5.74, 6) is 0. The number of hydrogen-bond acceptors (Lipinski definition) is 1. The zero-order chi connectivity index (χ0) is 21.7. The first kappa shape index (κ1) is 37.0. The van der Waals surface area contributed by atoms with E-state index in [1.54, 1.807) is 13.1 Å². The first-order valence-corrected chi connectivity index (χ1v) is 9.79. The van der Waals surface area contributed by atoms with Crippen LogP contribution in [0.3, 0.4) is 0 Å². The van der Waals surface area contributed by atoms with Gasteiger partial charge in [-0.3, -0.25) is 4.90 Å². The van der Waals surface area contributed by atoms with Gasteiger partial charge in [-0.05, 0) is 40.9 Å². The van der Waals surface area contributed by atoms with Crippen LogP contribution in [0.15, 0.2) is 30.3 Å². The molecule has 27 heavy (non-hydrogen) atoms. The van der Waals surface area contributed by atoms with Crippen LogP contribution in [-0.4, -0.2) is 22.1 Å². The van der Waals surface area contributed by atoms with Gasteiger partial charge in [-0.15, -0.1) is 0 Å². The summed E-state index contributed by atoms with van der Waals surface area (Å²) >= 11 is 0. The largest absolute Gasteiger partial charge is 0 e. The fraction of sp³-hybridized carbons (Fsp3) is 0.333. The summed E-state index contributed by atoms with van der Waals surface area (Å²) in [5.41, 5.74) is 0. The second kappa shape index (κ2) is 27.4. The van der Waals surface area contributed by atoms with Crippen molar-refractivity contribution >= 4 is 26.0 Å². The van der Waals surface area contributed by atoms with E-state index in [1.165, 1.54) is 5.30 Å². The minimum atomic E-state index is 0. The van der Waals surface area contributed by atoms with Crippen molar-refractivity contribution in [2.75, 3.05) is 0 Å². The molecule has 6 nitrogen and oxygen atoms in total. The Morgan fingerprint density at radius 2 is 1.07 bits per heavy atom. The summed E-state index contributed by atoms with van der Waals surface area (Å²) in [6.07, 6.45) is 0. The summed E-state index contributed by atoms with van der Waals surface area (Å²) in [5, 5.41) is 3.19. The number of rotatable bonds is 4. The fourth-order valence-electron chi connectivity index (χ4n) is 2.03. The number of nitrogens with zero attached hydrogens (tertiary/aromatic N) is 1. The van der Waals surface area contributed by atoms with Crippen LogP contribution in [0.1, 0.15) is 27.7 Å². The van der Waals surface area contributed by atoms with Gasteiger partial charge < -0.3 is 0 Å². The number of benzene rings is 1. The van der Waals surface area contributed by atoms with Crippen molar-refractivity contribution in [1.29, 1.82) is 0 Å². The fourth-order valence-corrected chi connectivity index (χ4v) is 6.73. The van der Waals surface area contributed by atoms with E-state index < -0.39 is 0 Å². The van der Waals surface area contributed by atoms with Gasteiger partial charge in [0.05, 0.1) is 5.16 Å². The predicted octanol–water partition coefficient (Wildman–Crippen LogP) is 3.68. The molecule has 1 aromatic carbocycles. The SMILES string of the molecule is CC(C)N(C1=PP1c1ccccc1)C(C)C.[C-]#[O+].[C-]#[O+].[C-]#[O+].[C-]#[O+].[C-]#[O+].[W]. The summed E-state index contributed by atoms with van der Waals surface area (Å²) in [6.45, 7) is 31.7. The third-order valence-corrected chi connectivity index (χ3v) is 7.04. The van der Waals surface area contributed by atoms with Gasteiger partial charge in [0.15, 0.2) is 0 Å². The molecular formula is C18H19NO5P2W. The number of hydrogen-bond donors (Lipinski definition) is 0. The van der Waals surface area contributed by atoms with E-state index in [4.69, 9.17) is 23.3 Å². The van der Waals surface area contributed by atoms with Crippen molar-refractivity contribution < 1.29 is 44.3 Å². The van der Waals surface area contributed by atoms with Crippen molar-refractivity contribution in [3.8, 4) is 0 Å². The van der Waals surface area contributed by atoms with E-state index in [9.17, 15) is 0 Å². The van der Waals surface area contributed by atoms with E-state index in [0.717, 1.165) is 0 Å². The van der Waals surface area contributed by atoms with Gasteiger partial charge in [0.2, 0.25) is 0 Å². The zero-order valence-corrected chi connectivity index (χ0v) is 20.1. The zero-order valence-electron chi connectivity index (χ0n) is 15.3. The molecule has 1 aliphatic rings. The third kappa shape index (κ3) is 15.9. The van der Waals surface area contributed by atoms with Gasteiger partial charge in [0, 0.05) is 40.8 Å². The molecule has 0 aromatic heterocycles. The van der Waals surface area contributed by atoms with Crippen LogP contribution >= 0.6 is 15.5 Å². The van der Waals surface area contributed by atoms with E-state index in [2.05, 4.69) is 96.2 Å². The molecule has 0 N–H and O–H groups in total. The molecule has 1 heterocycles. The molecule has 0 bridgehead atoms. The molecule has 0 aliphatic carbocycles. The van der Waals surface area contributed by atoms with Crippen LogP contribution in [-0.2, 0) is 44.3 Å². The second-order valence-corrected chi connectivity index (χ2v) is 8.98. The van der Waals surface area contributed by atoms with Gasteiger partial charge in [0.25, 0.3) is 0 Å². The summed E-state index contributed by atoms with van der Waals surface area (Å²) in [7, 11) is 1.57. The molecule has 1 aromatic rings. The third-order valence-electron chi connectivity index (χ3n) is 2.68. The Morgan fingerprint density at radius 1 is 0.741 bits per heavy atom. The molecule has 9 heteroatoms. The van der Waals surface area contributed by atoms with Crippen molar-refractivity contribution in [1.82, 2.24) is 4.90 Å². The molecule has 0 radical (unpaired) electrons. The molecule has 0 saturated carbocycles. The van der Waals surface area contributed by atoms with E-state index in [-0.39, 0.29) is 28.7 Å². The monoisotopic (exact) mass is 575 g/mol. The van der Waals surface area contributed by atoms with E-state index >= 15 is 0 Å². The predicted molar refractivity (Wildman–Crippen MR) is 96.7 cm³/mol. The van der Waals surface area contributed by atoms with E-state index in [1.807, 2.05) is 0 Å². The Morgan fingerprint density at radius 3 is 1.37 bits per heavy atom. The Labute approximate surface area is 178 Å². The Balaban J connectivity index is -0.000000128. The second-order valence-electron chi connectivity index (χ2n) is 4.64. The molecule has 0 fully saturated rings. The van der Waals surface area contributed by atoms with Gasteiger partial charge in [-0.25, -0.2) is 0 Å². The minimum absolute atomic E-state index is 0. The standard InChI is InChI=1S/C13H19NP2.5CO.W/c1-10(2)14(11(3)4)13-15-16(13)12-8-6-5-7-9-12;5*1-2;/h5-11H,1-4H3;;;;;;. The molecule has 0 saturated heterocycles. The van der Waals surface area contributed by atoms with Crippen molar-refractivity contribution in [3.05, 3.63) is 63.6 Å². The maximum absolute atomic E-state index is 7.50. The smallest absolute Gasteiger partial charge is 0 e. The molecule has 0 spiro atoms. The van der Waals surface area contributed by atoms with Crippen LogP contribution < -0.4 is 5.30 Å². The van der Waals surface area contributed by atoms with Crippen molar-refractivity contribution in [2.24, 2.45) is 0 Å². The average Bonchev–Trinajstić information content (AvgIpc) is 3.50. The molecule has 142 valence electrons. The maximum Gasteiger partial charge on any atom is 0 e. The summed E-state index contributed by atoms with van der Waals surface area (Å²) in [6, 6.07) is 12.2. The van der Waals surface area contributed by atoms with Crippen LogP contribution in [0.25, 0.3) is 0 Å². The van der Waals surface area contributed by atoms with Gasteiger partial charge in [-0.1, -0.05) is 30.3 Å². The van der Waals surface area contributed by atoms with Gasteiger partial charge in [-0.2, -0.15) is 0 Å². The minimum Gasteiger partial charge on any atom is 0 e. The van der Waals surface area contributed by atoms with E-state index in [0.29, 0.717) is 12.1 Å². The molecule has 1 aliphatic heterocycles.